The molecule has 0 N–H and O–H groups in total. The first-order valence-electron chi connectivity index (χ1n) is 8.40. The summed E-state index contributed by atoms with van der Waals surface area (Å²) in [4.78, 5) is 17.2. The summed E-state index contributed by atoms with van der Waals surface area (Å²) in [5.74, 6) is 1.35. The Hall–Kier alpha value is -1.65. The maximum atomic E-state index is 12.4. The van der Waals surface area contributed by atoms with Crippen molar-refractivity contribution in [3.05, 3.63) is 45.8 Å². The van der Waals surface area contributed by atoms with Gasteiger partial charge in [0.15, 0.2) is 5.43 Å². The predicted molar refractivity (Wildman–Crippen MR) is 93.8 cm³/mol. The van der Waals surface area contributed by atoms with Crippen LogP contribution in [0.3, 0.4) is 0 Å². The van der Waals surface area contributed by atoms with Gasteiger partial charge in [0.25, 0.3) is 0 Å². The van der Waals surface area contributed by atoms with E-state index in [-0.39, 0.29) is 5.43 Å². The molecule has 0 aliphatic carbocycles. The van der Waals surface area contributed by atoms with E-state index in [1.807, 2.05) is 25.1 Å². The van der Waals surface area contributed by atoms with Crippen LogP contribution in [-0.4, -0.2) is 42.5 Å². The normalized spacial score (nSPS) is 20.5. The maximum Gasteiger partial charge on any atom is 0.193 e. The number of fused-ring (bicyclic) bond motifs is 1. The molecular weight excluding hydrogens is 288 g/mol. The first-order valence-corrected chi connectivity index (χ1v) is 8.40. The Labute approximate surface area is 137 Å². The maximum absolute atomic E-state index is 12.4. The lowest BCUT2D eigenvalue weighted by Gasteiger charge is -2.41. The minimum Gasteiger partial charge on any atom is -0.459 e. The van der Waals surface area contributed by atoms with Crippen LogP contribution in [0.15, 0.2) is 33.5 Å². The summed E-state index contributed by atoms with van der Waals surface area (Å²) < 4.78 is 6.08. The predicted octanol–water partition coefficient (Wildman–Crippen LogP) is 2.87. The minimum absolute atomic E-state index is 0.0557. The monoisotopic (exact) mass is 314 g/mol. The highest BCUT2D eigenvalue weighted by Gasteiger charge is 2.28. The molecule has 2 heterocycles. The van der Waals surface area contributed by atoms with Gasteiger partial charge in [0.1, 0.15) is 11.3 Å². The van der Waals surface area contributed by atoms with Gasteiger partial charge in [-0.2, -0.15) is 0 Å². The van der Waals surface area contributed by atoms with Crippen molar-refractivity contribution in [2.24, 2.45) is 5.92 Å². The van der Waals surface area contributed by atoms with E-state index in [1.165, 1.54) is 0 Å². The van der Waals surface area contributed by atoms with Crippen molar-refractivity contribution in [2.75, 3.05) is 26.7 Å². The van der Waals surface area contributed by atoms with Crippen LogP contribution in [-0.2, 0) is 6.54 Å². The van der Waals surface area contributed by atoms with E-state index in [1.54, 1.807) is 6.07 Å². The van der Waals surface area contributed by atoms with Crippen LogP contribution in [0.25, 0.3) is 11.0 Å². The highest BCUT2D eigenvalue weighted by atomic mass is 16.3. The van der Waals surface area contributed by atoms with Gasteiger partial charge in [-0.15, -0.1) is 0 Å². The number of piperazine rings is 1. The molecule has 0 bridgehead atoms. The van der Waals surface area contributed by atoms with E-state index in [2.05, 4.69) is 30.7 Å². The molecule has 0 radical (unpaired) electrons. The molecular formula is C19H26N2O2. The Bertz CT molecular complexity index is 751. The average molecular weight is 314 g/mol. The summed E-state index contributed by atoms with van der Waals surface area (Å²) in [6, 6.07) is 7.89. The molecule has 1 aromatic heterocycles. The second-order valence-electron chi connectivity index (χ2n) is 7.07. The number of hydrogen-bond acceptors (Lipinski definition) is 4. The third-order valence-corrected chi connectivity index (χ3v) is 4.87. The van der Waals surface area contributed by atoms with Crippen molar-refractivity contribution in [3.63, 3.8) is 0 Å². The van der Waals surface area contributed by atoms with Crippen LogP contribution in [0.1, 0.15) is 25.2 Å². The average Bonchev–Trinajstić information content (AvgIpc) is 2.50. The molecule has 4 heteroatoms. The quantitative estimate of drug-likeness (QED) is 0.873. The van der Waals surface area contributed by atoms with Gasteiger partial charge >= 0.3 is 0 Å². The summed E-state index contributed by atoms with van der Waals surface area (Å²) in [5.41, 5.74) is 1.80. The smallest absolute Gasteiger partial charge is 0.193 e. The zero-order chi connectivity index (χ0) is 16.6. The highest BCUT2D eigenvalue weighted by molar-refractivity contribution is 5.79. The molecule has 1 atom stereocenters. The molecule has 0 spiro atoms. The first-order chi connectivity index (χ1) is 11.0. The second kappa shape index (κ2) is 6.46. The van der Waals surface area contributed by atoms with E-state index in [9.17, 15) is 4.79 Å². The van der Waals surface area contributed by atoms with Crippen LogP contribution < -0.4 is 5.43 Å². The van der Waals surface area contributed by atoms with E-state index < -0.39 is 0 Å². The largest absolute Gasteiger partial charge is 0.459 e. The summed E-state index contributed by atoms with van der Waals surface area (Å²) in [7, 11) is 2.17. The Balaban J connectivity index is 1.92. The van der Waals surface area contributed by atoms with Crippen LogP contribution in [0.5, 0.6) is 0 Å². The molecule has 1 aromatic carbocycles. The van der Waals surface area contributed by atoms with Crippen molar-refractivity contribution in [3.8, 4) is 0 Å². The zero-order valence-corrected chi connectivity index (χ0v) is 14.5. The molecule has 3 rings (SSSR count). The number of hydrogen-bond donors (Lipinski definition) is 0. The van der Waals surface area contributed by atoms with E-state index in [0.717, 1.165) is 36.5 Å². The van der Waals surface area contributed by atoms with E-state index >= 15 is 0 Å². The lowest BCUT2D eigenvalue weighted by molar-refractivity contribution is 0.0521. The van der Waals surface area contributed by atoms with E-state index in [4.69, 9.17) is 4.42 Å². The van der Waals surface area contributed by atoms with Gasteiger partial charge in [0.05, 0.1) is 11.9 Å². The third kappa shape index (κ3) is 3.33. The zero-order valence-electron chi connectivity index (χ0n) is 14.5. The number of likely N-dealkylation sites (N-methyl/N-ethyl adjacent to an activating group) is 1. The third-order valence-electron chi connectivity index (χ3n) is 4.87. The molecule has 4 nitrogen and oxygen atoms in total. The van der Waals surface area contributed by atoms with Gasteiger partial charge in [-0.1, -0.05) is 26.0 Å². The van der Waals surface area contributed by atoms with Gasteiger partial charge in [0, 0.05) is 31.7 Å². The molecule has 0 saturated carbocycles. The SMILES string of the molecule is Cc1cccc2c(=O)cc(CN3CCN(C)C[C@@H]3C(C)C)oc12. The standard InChI is InChI=1S/C19H26N2O2/c1-13(2)17-12-20(4)8-9-21(17)11-15-10-18(22)16-7-5-6-14(3)19(16)23-15/h5-7,10,13,17H,8-9,11-12H2,1-4H3/t17-/m1/s1. The molecule has 0 amide bonds. The summed E-state index contributed by atoms with van der Waals surface area (Å²) in [6.07, 6.45) is 0. The van der Waals surface area contributed by atoms with Crippen molar-refractivity contribution in [1.29, 1.82) is 0 Å². The molecule has 23 heavy (non-hydrogen) atoms. The number of rotatable bonds is 3. The number of para-hydroxylation sites is 1. The first kappa shape index (κ1) is 16.2. The van der Waals surface area contributed by atoms with Crippen molar-refractivity contribution in [2.45, 2.75) is 33.4 Å². The second-order valence-corrected chi connectivity index (χ2v) is 7.07. The Morgan fingerprint density at radius 2 is 2.09 bits per heavy atom. The molecule has 1 fully saturated rings. The Kier molecular flexibility index (Phi) is 4.55. The van der Waals surface area contributed by atoms with E-state index in [0.29, 0.717) is 23.9 Å². The van der Waals surface area contributed by atoms with Crippen LogP contribution in [0, 0.1) is 12.8 Å². The fraction of sp³-hybridized carbons (Fsp3) is 0.526. The molecule has 1 saturated heterocycles. The van der Waals surface area contributed by atoms with Crippen molar-refractivity contribution >= 4 is 11.0 Å². The van der Waals surface area contributed by atoms with Gasteiger partial charge in [-0.05, 0) is 31.5 Å². The summed E-state index contributed by atoms with van der Waals surface area (Å²) >= 11 is 0. The molecule has 1 aliphatic rings. The fourth-order valence-corrected chi connectivity index (χ4v) is 3.46. The van der Waals surface area contributed by atoms with Gasteiger partial charge in [-0.25, -0.2) is 0 Å². The van der Waals surface area contributed by atoms with Crippen molar-refractivity contribution in [1.82, 2.24) is 9.80 Å². The van der Waals surface area contributed by atoms with Crippen molar-refractivity contribution < 1.29 is 4.42 Å². The topological polar surface area (TPSA) is 36.7 Å². The Morgan fingerprint density at radius 1 is 1.30 bits per heavy atom. The lowest BCUT2D eigenvalue weighted by Crippen LogP contribution is -2.53. The van der Waals surface area contributed by atoms with Crippen LogP contribution in [0.4, 0.5) is 0 Å². The number of nitrogens with zero attached hydrogens (tertiary/aromatic N) is 2. The van der Waals surface area contributed by atoms with Crippen LogP contribution in [0.2, 0.25) is 0 Å². The highest BCUT2D eigenvalue weighted by Crippen LogP contribution is 2.21. The number of aryl methyl sites for hydroxylation is 1. The fourth-order valence-electron chi connectivity index (χ4n) is 3.46. The van der Waals surface area contributed by atoms with Crippen LogP contribution >= 0.6 is 0 Å². The Morgan fingerprint density at radius 3 is 2.83 bits per heavy atom. The minimum atomic E-state index is 0.0557. The molecule has 1 aliphatic heterocycles. The molecule has 2 aromatic rings. The van der Waals surface area contributed by atoms with Gasteiger partial charge < -0.3 is 9.32 Å². The number of benzene rings is 1. The summed E-state index contributed by atoms with van der Waals surface area (Å²) in [5, 5.41) is 0.674. The molecule has 124 valence electrons. The molecule has 0 unspecified atom stereocenters. The summed E-state index contributed by atoms with van der Waals surface area (Å²) in [6.45, 7) is 10.3. The lowest BCUT2D eigenvalue weighted by atomic mass is 9.99. The van der Waals surface area contributed by atoms with Gasteiger partial charge in [-0.3, -0.25) is 9.69 Å². The van der Waals surface area contributed by atoms with Gasteiger partial charge in [0.2, 0.25) is 0 Å².